The van der Waals surface area contributed by atoms with Gasteiger partial charge in [-0.15, -0.1) is 0 Å². The molecular weight excluding hydrogens is 230 g/mol. The van der Waals surface area contributed by atoms with Gasteiger partial charge in [0.15, 0.2) is 9.84 Å². The Balaban J connectivity index is 3.10. The quantitative estimate of drug-likeness (QED) is 0.778. The van der Waals surface area contributed by atoms with Gasteiger partial charge in [-0.25, -0.2) is 8.42 Å². The number of sulfone groups is 1. The zero-order chi connectivity index (χ0) is 12.4. The molecule has 0 aromatic heterocycles. The van der Waals surface area contributed by atoms with Crippen LogP contribution in [0.2, 0.25) is 0 Å². The van der Waals surface area contributed by atoms with Crippen molar-refractivity contribution < 1.29 is 18.3 Å². The molecule has 1 heterocycles. The molecule has 6 heteroatoms. The largest absolute Gasteiger partial charge is 0.480 e. The molecule has 0 aromatic rings. The fourth-order valence-corrected chi connectivity index (χ4v) is 4.38. The molecule has 1 fully saturated rings. The van der Waals surface area contributed by atoms with Crippen molar-refractivity contribution in [3.63, 3.8) is 0 Å². The van der Waals surface area contributed by atoms with Crippen molar-refractivity contribution in [2.45, 2.75) is 32.2 Å². The van der Waals surface area contributed by atoms with Crippen molar-refractivity contribution in [1.29, 1.82) is 0 Å². The Hall–Kier alpha value is -0.620. The molecule has 0 bridgehead atoms. The zero-order valence-electron chi connectivity index (χ0n) is 9.77. The molecule has 0 saturated carbocycles. The smallest absolute Gasteiger partial charge is 0.325 e. The first-order chi connectivity index (χ1) is 7.38. The van der Waals surface area contributed by atoms with Crippen molar-refractivity contribution in [3.05, 3.63) is 0 Å². The van der Waals surface area contributed by atoms with E-state index in [1.807, 2.05) is 13.8 Å². The van der Waals surface area contributed by atoms with Crippen LogP contribution in [0.1, 0.15) is 26.7 Å². The summed E-state index contributed by atoms with van der Waals surface area (Å²) in [6.07, 6.45) is 0.856. The Kier molecular flexibility index (Phi) is 3.96. The van der Waals surface area contributed by atoms with Crippen LogP contribution in [-0.4, -0.2) is 54.5 Å². The maximum atomic E-state index is 11.6. The highest BCUT2D eigenvalue weighted by atomic mass is 32.2. The van der Waals surface area contributed by atoms with Crippen LogP contribution in [0.5, 0.6) is 0 Å². The lowest BCUT2D eigenvalue weighted by molar-refractivity contribution is -0.150. The highest BCUT2D eigenvalue weighted by Gasteiger charge is 2.48. The van der Waals surface area contributed by atoms with E-state index in [4.69, 9.17) is 0 Å². The molecule has 1 aliphatic heterocycles. The van der Waals surface area contributed by atoms with E-state index in [1.165, 1.54) is 0 Å². The Bertz CT molecular complexity index is 361. The summed E-state index contributed by atoms with van der Waals surface area (Å²) in [5.41, 5.74) is -1.21. The summed E-state index contributed by atoms with van der Waals surface area (Å²) in [4.78, 5) is 13.2. The zero-order valence-corrected chi connectivity index (χ0v) is 10.6. The lowest BCUT2D eigenvalue weighted by Gasteiger charge is -2.41. The first kappa shape index (κ1) is 13.4. The third-order valence-corrected chi connectivity index (χ3v) is 5.10. The number of carboxylic acids is 1. The van der Waals surface area contributed by atoms with E-state index in [0.717, 1.165) is 0 Å². The predicted molar refractivity (Wildman–Crippen MR) is 61.2 cm³/mol. The number of carbonyl (C=O) groups is 1. The van der Waals surface area contributed by atoms with E-state index in [2.05, 4.69) is 0 Å². The van der Waals surface area contributed by atoms with Crippen LogP contribution < -0.4 is 0 Å². The highest BCUT2D eigenvalue weighted by molar-refractivity contribution is 7.91. The second-order valence-corrected chi connectivity index (χ2v) is 6.39. The molecule has 1 N–H and O–H groups in total. The van der Waals surface area contributed by atoms with Gasteiger partial charge >= 0.3 is 5.97 Å². The number of rotatable bonds is 4. The topological polar surface area (TPSA) is 74.7 Å². The molecule has 0 aliphatic carbocycles. The Morgan fingerprint density at radius 1 is 1.38 bits per heavy atom. The molecule has 5 nitrogen and oxygen atoms in total. The molecule has 1 saturated heterocycles. The van der Waals surface area contributed by atoms with Gasteiger partial charge in [0.05, 0.1) is 11.5 Å². The van der Waals surface area contributed by atoms with Gasteiger partial charge in [-0.2, -0.15) is 0 Å². The molecule has 1 aliphatic rings. The summed E-state index contributed by atoms with van der Waals surface area (Å²) in [7, 11) is -3.22. The molecule has 0 aromatic carbocycles. The summed E-state index contributed by atoms with van der Waals surface area (Å²) >= 11 is 0. The van der Waals surface area contributed by atoms with Crippen LogP contribution in [0.3, 0.4) is 0 Å². The minimum atomic E-state index is -3.22. The van der Waals surface area contributed by atoms with Crippen molar-refractivity contribution in [2.24, 2.45) is 0 Å². The highest BCUT2D eigenvalue weighted by Crippen LogP contribution is 2.29. The maximum absolute atomic E-state index is 11.6. The first-order valence-electron chi connectivity index (χ1n) is 5.57. The van der Waals surface area contributed by atoms with Crippen LogP contribution in [0, 0.1) is 0 Å². The number of likely N-dealkylation sites (N-methyl/N-ethyl adjacent to an activating group) is 1. The predicted octanol–water partition coefficient (Wildman–Crippen LogP) is 0.360. The molecular formula is C10H19NO4S. The summed E-state index contributed by atoms with van der Waals surface area (Å²) < 4.78 is 23.2. The van der Waals surface area contributed by atoms with Gasteiger partial charge in [-0.3, -0.25) is 9.69 Å². The molecule has 0 radical (unpaired) electrons. The van der Waals surface area contributed by atoms with Crippen LogP contribution >= 0.6 is 0 Å². The number of hydrogen-bond acceptors (Lipinski definition) is 4. The van der Waals surface area contributed by atoms with E-state index in [-0.39, 0.29) is 11.5 Å². The van der Waals surface area contributed by atoms with Crippen molar-refractivity contribution in [2.75, 3.05) is 24.6 Å². The molecule has 0 spiro atoms. The Morgan fingerprint density at radius 2 is 1.94 bits per heavy atom. The average molecular weight is 249 g/mol. The lowest BCUT2D eigenvalue weighted by atomic mass is 9.93. The monoisotopic (exact) mass is 249 g/mol. The van der Waals surface area contributed by atoms with E-state index < -0.39 is 21.3 Å². The lowest BCUT2D eigenvalue weighted by Crippen LogP contribution is -2.60. The van der Waals surface area contributed by atoms with Crippen molar-refractivity contribution in [3.8, 4) is 0 Å². The number of hydrogen-bond donors (Lipinski definition) is 1. The van der Waals surface area contributed by atoms with Gasteiger partial charge < -0.3 is 5.11 Å². The van der Waals surface area contributed by atoms with E-state index in [0.29, 0.717) is 25.9 Å². The van der Waals surface area contributed by atoms with Crippen LogP contribution in [-0.2, 0) is 14.6 Å². The minimum Gasteiger partial charge on any atom is -0.480 e. The van der Waals surface area contributed by atoms with Crippen LogP contribution in [0.15, 0.2) is 0 Å². The van der Waals surface area contributed by atoms with Gasteiger partial charge in [-0.1, -0.05) is 13.8 Å². The summed E-state index contributed by atoms with van der Waals surface area (Å²) in [5.74, 6) is -1.15. The maximum Gasteiger partial charge on any atom is 0.325 e. The normalized spacial score (nSPS) is 29.2. The van der Waals surface area contributed by atoms with Crippen molar-refractivity contribution in [1.82, 2.24) is 4.90 Å². The summed E-state index contributed by atoms with van der Waals surface area (Å²) in [5, 5.41) is 9.35. The Labute approximate surface area is 96.4 Å². The number of aliphatic carboxylic acids is 1. The summed E-state index contributed by atoms with van der Waals surface area (Å²) in [6, 6.07) is 0. The fourth-order valence-electron chi connectivity index (χ4n) is 2.47. The standard InChI is InChI=1S/C10H19NO4S/c1-3-11(4-2)10(9(12)13)6-5-7-16(14,15)8-10/h3-8H2,1-2H3,(H,12,13). The second-order valence-electron chi connectivity index (χ2n) is 4.20. The molecule has 1 rings (SSSR count). The van der Waals surface area contributed by atoms with Gasteiger partial charge in [0.1, 0.15) is 5.54 Å². The molecule has 16 heavy (non-hydrogen) atoms. The Morgan fingerprint density at radius 3 is 2.31 bits per heavy atom. The van der Waals surface area contributed by atoms with Gasteiger partial charge in [0, 0.05) is 0 Å². The number of carboxylic acid groups (broad SMARTS) is 1. The van der Waals surface area contributed by atoms with Crippen LogP contribution in [0.25, 0.3) is 0 Å². The average Bonchev–Trinajstić information content (AvgIpc) is 2.17. The fraction of sp³-hybridized carbons (Fsp3) is 0.900. The third kappa shape index (κ3) is 2.38. The minimum absolute atomic E-state index is 0.114. The first-order valence-corrected chi connectivity index (χ1v) is 7.39. The van der Waals surface area contributed by atoms with Gasteiger partial charge in [0.2, 0.25) is 0 Å². The van der Waals surface area contributed by atoms with E-state index in [9.17, 15) is 18.3 Å². The van der Waals surface area contributed by atoms with Gasteiger partial charge in [0.25, 0.3) is 0 Å². The van der Waals surface area contributed by atoms with Gasteiger partial charge in [-0.05, 0) is 25.9 Å². The van der Waals surface area contributed by atoms with E-state index in [1.54, 1.807) is 4.90 Å². The molecule has 1 unspecified atom stereocenters. The van der Waals surface area contributed by atoms with Crippen LogP contribution in [0.4, 0.5) is 0 Å². The van der Waals surface area contributed by atoms with E-state index >= 15 is 0 Å². The third-order valence-electron chi connectivity index (χ3n) is 3.27. The molecule has 0 amide bonds. The second kappa shape index (κ2) is 4.71. The SMILES string of the molecule is CCN(CC)C1(C(=O)O)CCCS(=O)(=O)C1. The summed E-state index contributed by atoms with van der Waals surface area (Å²) in [6.45, 7) is 4.82. The molecule has 94 valence electrons. The molecule has 1 atom stereocenters. The van der Waals surface area contributed by atoms with Crippen molar-refractivity contribution >= 4 is 15.8 Å². The number of nitrogens with zero attached hydrogens (tertiary/aromatic N) is 1.